The molecule has 2 rings (SSSR count). The average Bonchev–Trinajstić information content (AvgIpc) is 3.11. The molecule has 1 aliphatic rings. The lowest BCUT2D eigenvalue weighted by Gasteiger charge is -2.23. The largest absolute Gasteiger partial charge is 0.388 e. The van der Waals surface area contributed by atoms with Crippen molar-refractivity contribution in [2.24, 2.45) is 0 Å². The molecule has 5 nitrogen and oxygen atoms in total. The number of amides is 1. The average molecular weight is 266 g/mol. The molecular formula is C14H22N2O3. The number of rotatable bonds is 7. The van der Waals surface area contributed by atoms with Gasteiger partial charge in [0.1, 0.15) is 5.69 Å². The molecule has 5 heteroatoms. The van der Waals surface area contributed by atoms with Crippen LogP contribution >= 0.6 is 0 Å². The fourth-order valence-corrected chi connectivity index (χ4v) is 2.03. The minimum absolute atomic E-state index is 0.130. The van der Waals surface area contributed by atoms with Gasteiger partial charge in [-0.3, -0.25) is 4.79 Å². The first-order chi connectivity index (χ1) is 9.03. The number of aromatic nitrogens is 1. The Labute approximate surface area is 113 Å². The Balaban J connectivity index is 1.88. The quantitative estimate of drug-likeness (QED) is 0.783. The zero-order chi connectivity index (χ0) is 13.9. The Morgan fingerprint density at radius 1 is 1.63 bits per heavy atom. The van der Waals surface area contributed by atoms with Gasteiger partial charge in [-0.25, -0.2) is 0 Å². The van der Waals surface area contributed by atoms with Crippen LogP contribution < -0.4 is 5.32 Å². The van der Waals surface area contributed by atoms with Gasteiger partial charge >= 0.3 is 0 Å². The number of carbonyl (C=O) groups is 1. The number of nitrogens with one attached hydrogen (secondary N) is 1. The van der Waals surface area contributed by atoms with Crippen LogP contribution in [-0.2, 0) is 4.74 Å². The highest BCUT2D eigenvalue weighted by Crippen LogP contribution is 2.35. The fraction of sp³-hybridized carbons (Fsp3) is 0.643. The summed E-state index contributed by atoms with van der Waals surface area (Å²) in [7, 11) is 1.59. The molecule has 0 spiro atoms. The highest BCUT2D eigenvalue weighted by Gasteiger charge is 2.27. The predicted octanol–water partition coefficient (Wildman–Crippen LogP) is 1.34. The number of nitrogens with zero attached hydrogens (tertiary/aromatic N) is 1. The number of hydrogen-bond donors (Lipinski definition) is 2. The van der Waals surface area contributed by atoms with Crippen molar-refractivity contribution in [3.8, 4) is 0 Å². The van der Waals surface area contributed by atoms with Crippen molar-refractivity contribution >= 4 is 5.91 Å². The zero-order valence-electron chi connectivity index (χ0n) is 11.6. The molecular weight excluding hydrogens is 244 g/mol. The lowest BCUT2D eigenvalue weighted by molar-refractivity contribution is 0.0242. The second-order valence-electron chi connectivity index (χ2n) is 5.45. The van der Waals surface area contributed by atoms with Crippen molar-refractivity contribution in [1.29, 1.82) is 0 Å². The molecule has 19 heavy (non-hydrogen) atoms. The highest BCUT2D eigenvalue weighted by atomic mass is 16.5. The summed E-state index contributed by atoms with van der Waals surface area (Å²) >= 11 is 0. The maximum Gasteiger partial charge on any atom is 0.268 e. The lowest BCUT2D eigenvalue weighted by Crippen LogP contribution is -2.41. The molecule has 1 aromatic rings. The summed E-state index contributed by atoms with van der Waals surface area (Å²) < 4.78 is 6.95. The van der Waals surface area contributed by atoms with Crippen LogP contribution in [0, 0.1) is 0 Å². The molecule has 0 bridgehead atoms. The van der Waals surface area contributed by atoms with Crippen molar-refractivity contribution in [3.63, 3.8) is 0 Å². The molecule has 1 fully saturated rings. The van der Waals surface area contributed by atoms with Gasteiger partial charge < -0.3 is 19.7 Å². The molecule has 0 radical (unpaired) electrons. The highest BCUT2D eigenvalue weighted by molar-refractivity contribution is 5.92. The second kappa shape index (κ2) is 5.75. The molecule has 1 aliphatic carbocycles. The Hall–Kier alpha value is -1.33. The molecule has 1 amide bonds. The van der Waals surface area contributed by atoms with Crippen LogP contribution in [0.15, 0.2) is 18.3 Å². The van der Waals surface area contributed by atoms with Crippen molar-refractivity contribution in [2.45, 2.75) is 37.8 Å². The Morgan fingerprint density at radius 3 is 3.00 bits per heavy atom. The number of carbonyl (C=O) groups excluding carboxylic acids is 1. The van der Waals surface area contributed by atoms with E-state index in [2.05, 4.69) is 5.32 Å². The van der Waals surface area contributed by atoms with E-state index >= 15 is 0 Å². The SMILES string of the molecule is COCCC(C)(O)CNC(=O)c1cccn1C1CC1. The van der Waals surface area contributed by atoms with E-state index in [-0.39, 0.29) is 12.5 Å². The molecule has 2 N–H and O–H groups in total. The zero-order valence-corrected chi connectivity index (χ0v) is 11.6. The van der Waals surface area contributed by atoms with Gasteiger partial charge in [0.25, 0.3) is 5.91 Å². The molecule has 1 atom stereocenters. The van der Waals surface area contributed by atoms with Gasteiger partial charge in [-0.15, -0.1) is 0 Å². The van der Waals surface area contributed by atoms with E-state index in [1.165, 1.54) is 0 Å². The summed E-state index contributed by atoms with van der Waals surface area (Å²) in [5.74, 6) is -0.130. The van der Waals surface area contributed by atoms with Gasteiger partial charge in [-0.05, 0) is 31.9 Å². The van der Waals surface area contributed by atoms with Gasteiger partial charge in [-0.1, -0.05) is 0 Å². The monoisotopic (exact) mass is 266 g/mol. The van der Waals surface area contributed by atoms with Crippen LogP contribution in [0.4, 0.5) is 0 Å². The van der Waals surface area contributed by atoms with Crippen LogP contribution in [0.5, 0.6) is 0 Å². The van der Waals surface area contributed by atoms with Crippen LogP contribution in [0.2, 0.25) is 0 Å². The smallest absolute Gasteiger partial charge is 0.268 e. The normalized spacial score (nSPS) is 18.1. The predicted molar refractivity (Wildman–Crippen MR) is 72.2 cm³/mol. The molecule has 1 saturated carbocycles. The van der Waals surface area contributed by atoms with Crippen molar-refractivity contribution in [1.82, 2.24) is 9.88 Å². The molecule has 1 unspecified atom stereocenters. The number of aliphatic hydroxyl groups is 1. The van der Waals surface area contributed by atoms with Gasteiger partial charge in [-0.2, -0.15) is 0 Å². The van der Waals surface area contributed by atoms with Crippen LogP contribution in [-0.4, -0.2) is 41.4 Å². The van der Waals surface area contributed by atoms with Gasteiger partial charge in [0.2, 0.25) is 0 Å². The van der Waals surface area contributed by atoms with Crippen LogP contribution in [0.3, 0.4) is 0 Å². The summed E-state index contributed by atoms with van der Waals surface area (Å²) in [6.07, 6.45) is 4.71. The van der Waals surface area contributed by atoms with Gasteiger partial charge in [0.15, 0.2) is 0 Å². The van der Waals surface area contributed by atoms with E-state index in [9.17, 15) is 9.90 Å². The summed E-state index contributed by atoms with van der Waals surface area (Å²) in [5, 5.41) is 12.9. The Bertz CT molecular complexity index is 436. The molecule has 0 aliphatic heterocycles. The number of hydrogen-bond acceptors (Lipinski definition) is 3. The number of ether oxygens (including phenoxy) is 1. The maximum atomic E-state index is 12.1. The molecule has 1 heterocycles. The fourth-order valence-electron chi connectivity index (χ4n) is 2.03. The third-order valence-corrected chi connectivity index (χ3v) is 3.43. The first kappa shape index (κ1) is 14.1. The van der Waals surface area contributed by atoms with E-state index in [1.54, 1.807) is 14.0 Å². The first-order valence-corrected chi connectivity index (χ1v) is 6.70. The van der Waals surface area contributed by atoms with Crippen LogP contribution in [0.1, 0.15) is 42.7 Å². The van der Waals surface area contributed by atoms with Gasteiger partial charge in [0.05, 0.1) is 5.60 Å². The summed E-state index contributed by atoms with van der Waals surface area (Å²) in [6.45, 7) is 2.40. The van der Waals surface area contributed by atoms with Crippen molar-refractivity contribution in [3.05, 3.63) is 24.0 Å². The third kappa shape index (κ3) is 3.81. The van der Waals surface area contributed by atoms with Crippen molar-refractivity contribution < 1.29 is 14.6 Å². The first-order valence-electron chi connectivity index (χ1n) is 6.70. The van der Waals surface area contributed by atoms with E-state index in [0.29, 0.717) is 24.8 Å². The maximum absolute atomic E-state index is 12.1. The van der Waals surface area contributed by atoms with Gasteiger partial charge in [0, 0.05) is 38.9 Å². The third-order valence-electron chi connectivity index (χ3n) is 3.43. The minimum atomic E-state index is -0.942. The minimum Gasteiger partial charge on any atom is -0.388 e. The van der Waals surface area contributed by atoms with E-state index in [1.807, 2.05) is 22.9 Å². The summed E-state index contributed by atoms with van der Waals surface area (Å²) in [4.78, 5) is 12.1. The van der Waals surface area contributed by atoms with Crippen molar-refractivity contribution in [2.75, 3.05) is 20.3 Å². The molecule has 106 valence electrons. The number of methoxy groups -OCH3 is 1. The van der Waals surface area contributed by atoms with E-state index < -0.39 is 5.60 Å². The van der Waals surface area contributed by atoms with E-state index in [0.717, 1.165) is 12.8 Å². The van der Waals surface area contributed by atoms with E-state index in [4.69, 9.17) is 4.74 Å². The Morgan fingerprint density at radius 2 is 2.37 bits per heavy atom. The van der Waals surface area contributed by atoms with Crippen LogP contribution in [0.25, 0.3) is 0 Å². The molecule has 0 saturated heterocycles. The topological polar surface area (TPSA) is 63.5 Å². The summed E-state index contributed by atoms with van der Waals surface area (Å²) in [6, 6.07) is 4.18. The Kier molecular flexibility index (Phi) is 4.27. The second-order valence-corrected chi connectivity index (χ2v) is 5.45. The molecule has 1 aromatic heterocycles. The lowest BCUT2D eigenvalue weighted by atomic mass is 10.0. The summed E-state index contributed by atoms with van der Waals surface area (Å²) in [5.41, 5.74) is -0.270. The standard InChI is InChI=1S/C14H22N2O3/c1-14(18,7-9-19-2)10-15-13(17)12-4-3-8-16(12)11-5-6-11/h3-4,8,11,18H,5-7,9-10H2,1-2H3,(H,15,17). The molecule has 0 aromatic carbocycles.